The molecule has 0 radical (unpaired) electrons. The Balaban J connectivity index is 2.03. The zero-order valence-corrected chi connectivity index (χ0v) is 17.8. The van der Waals surface area contributed by atoms with Crippen LogP contribution in [0.3, 0.4) is 0 Å². The van der Waals surface area contributed by atoms with Gasteiger partial charge in [0.2, 0.25) is 0 Å². The van der Waals surface area contributed by atoms with Crippen molar-refractivity contribution in [3.05, 3.63) is 77.3 Å². The average molecular weight is 445 g/mol. The lowest BCUT2D eigenvalue weighted by atomic mass is 9.99. The van der Waals surface area contributed by atoms with Crippen molar-refractivity contribution >= 4 is 21.2 Å². The Morgan fingerprint density at radius 2 is 1.67 bits per heavy atom. The molecule has 0 saturated heterocycles. The Labute approximate surface area is 177 Å². The van der Waals surface area contributed by atoms with E-state index in [4.69, 9.17) is 0 Å². The molecule has 0 bridgehead atoms. The number of thiophene rings is 1. The summed E-state index contributed by atoms with van der Waals surface area (Å²) in [5.74, 6) is 0. The van der Waals surface area contributed by atoms with Gasteiger partial charge in [0.15, 0.2) is 9.84 Å². The minimum absolute atomic E-state index is 0.166. The summed E-state index contributed by atoms with van der Waals surface area (Å²) in [4.78, 5) is 0.166. The van der Waals surface area contributed by atoms with Gasteiger partial charge in [-0.05, 0) is 41.6 Å². The number of alkyl halides is 2. The number of nitrogens with zero attached hydrogens (tertiary/aromatic N) is 2. The van der Waals surface area contributed by atoms with Crippen LogP contribution in [0.4, 0.5) is 8.78 Å². The molecule has 4 rings (SSSR count). The first-order valence-corrected chi connectivity index (χ1v) is 11.9. The van der Waals surface area contributed by atoms with Crippen molar-refractivity contribution in [2.45, 2.75) is 18.2 Å². The number of aromatic nitrogens is 2. The topological polar surface area (TPSA) is 52.0 Å². The smallest absolute Gasteiger partial charge is 0.224 e. The Hall–Kier alpha value is -2.84. The van der Waals surface area contributed by atoms with Gasteiger partial charge < -0.3 is 0 Å². The predicted octanol–water partition coefficient (Wildman–Crippen LogP) is 5.92. The molecule has 30 heavy (non-hydrogen) atoms. The van der Waals surface area contributed by atoms with Crippen molar-refractivity contribution in [1.82, 2.24) is 9.78 Å². The molecule has 0 atom stereocenters. The first-order chi connectivity index (χ1) is 14.3. The second kappa shape index (κ2) is 7.77. The average Bonchev–Trinajstić information content (AvgIpc) is 3.32. The Kier molecular flexibility index (Phi) is 5.29. The Morgan fingerprint density at radius 1 is 1.00 bits per heavy atom. The Bertz CT molecular complexity index is 1290. The molecule has 0 aliphatic carbocycles. The fourth-order valence-corrected chi connectivity index (χ4v) is 4.78. The predicted molar refractivity (Wildman–Crippen MR) is 115 cm³/mol. The van der Waals surface area contributed by atoms with Crippen LogP contribution in [0.15, 0.2) is 70.9 Å². The van der Waals surface area contributed by atoms with Gasteiger partial charge in [0.1, 0.15) is 10.7 Å². The fourth-order valence-electron chi connectivity index (χ4n) is 3.29. The standard InChI is InChI=1S/C22H18F2N2O2S2/c1-14-12-18(29-13-14)26-21(16-8-10-17(11-9-16)30(2,27)28)19(20(25-26)22(23)24)15-6-4-3-5-7-15/h3-13,22H,1-2H3. The summed E-state index contributed by atoms with van der Waals surface area (Å²) in [5.41, 5.74) is 2.75. The molecular weight excluding hydrogens is 426 g/mol. The monoisotopic (exact) mass is 444 g/mol. The van der Waals surface area contributed by atoms with Crippen molar-refractivity contribution < 1.29 is 17.2 Å². The molecule has 0 unspecified atom stereocenters. The van der Waals surface area contributed by atoms with Gasteiger partial charge in [0, 0.05) is 17.4 Å². The van der Waals surface area contributed by atoms with Crippen molar-refractivity contribution in [2.75, 3.05) is 6.26 Å². The molecule has 0 spiro atoms. The lowest BCUT2D eigenvalue weighted by Gasteiger charge is -2.10. The van der Waals surface area contributed by atoms with E-state index in [0.717, 1.165) is 11.8 Å². The molecule has 2 aromatic heterocycles. The zero-order valence-electron chi connectivity index (χ0n) is 16.2. The third-order valence-corrected chi connectivity index (χ3v) is 6.81. The molecule has 4 aromatic rings. The van der Waals surface area contributed by atoms with Gasteiger partial charge >= 0.3 is 0 Å². The van der Waals surface area contributed by atoms with Gasteiger partial charge in [-0.2, -0.15) is 5.10 Å². The third kappa shape index (κ3) is 3.80. The van der Waals surface area contributed by atoms with E-state index < -0.39 is 16.3 Å². The highest BCUT2D eigenvalue weighted by atomic mass is 32.2. The van der Waals surface area contributed by atoms with E-state index >= 15 is 0 Å². The number of benzene rings is 2. The summed E-state index contributed by atoms with van der Waals surface area (Å²) < 4.78 is 53.2. The molecule has 0 saturated carbocycles. The molecule has 0 amide bonds. The number of halogens is 2. The minimum atomic E-state index is -3.37. The van der Waals surface area contributed by atoms with Crippen LogP contribution in [0.25, 0.3) is 27.4 Å². The van der Waals surface area contributed by atoms with Gasteiger partial charge in [-0.1, -0.05) is 42.5 Å². The van der Waals surface area contributed by atoms with Crippen LogP contribution < -0.4 is 0 Å². The third-order valence-electron chi connectivity index (χ3n) is 4.66. The minimum Gasteiger partial charge on any atom is -0.224 e. The first kappa shape index (κ1) is 20.4. The maximum atomic E-state index is 14.0. The van der Waals surface area contributed by atoms with Crippen LogP contribution in [-0.4, -0.2) is 24.5 Å². The molecule has 4 nitrogen and oxygen atoms in total. The highest BCUT2D eigenvalue weighted by molar-refractivity contribution is 7.90. The largest absolute Gasteiger partial charge is 0.282 e. The van der Waals surface area contributed by atoms with E-state index in [1.54, 1.807) is 36.4 Å². The molecule has 8 heteroatoms. The highest BCUT2D eigenvalue weighted by Gasteiger charge is 2.27. The normalized spacial score (nSPS) is 11.9. The van der Waals surface area contributed by atoms with Crippen LogP contribution in [0.5, 0.6) is 0 Å². The number of sulfone groups is 1. The van der Waals surface area contributed by atoms with Gasteiger partial charge in [-0.25, -0.2) is 21.9 Å². The van der Waals surface area contributed by atoms with E-state index in [1.165, 1.54) is 28.2 Å². The molecule has 0 aliphatic rings. The summed E-state index contributed by atoms with van der Waals surface area (Å²) in [5, 5.41) is 6.91. The summed E-state index contributed by atoms with van der Waals surface area (Å²) in [6.45, 7) is 1.93. The van der Waals surface area contributed by atoms with Crippen LogP contribution in [0, 0.1) is 6.92 Å². The van der Waals surface area contributed by atoms with E-state index in [-0.39, 0.29) is 10.6 Å². The number of hydrogen-bond acceptors (Lipinski definition) is 4. The van der Waals surface area contributed by atoms with Crippen molar-refractivity contribution in [3.8, 4) is 27.4 Å². The van der Waals surface area contributed by atoms with Crippen molar-refractivity contribution in [2.24, 2.45) is 0 Å². The van der Waals surface area contributed by atoms with Crippen LogP contribution >= 0.6 is 11.3 Å². The van der Waals surface area contributed by atoms with E-state index in [2.05, 4.69) is 5.10 Å². The van der Waals surface area contributed by atoms with E-state index in [1.807, 2.05) is 24.4 Å². The van der Waals surface area contributed by atoms with Gasteiger partial charge in [0.05, 0.1) is 10.6 Å². The zero-order chi connectivity index (χ0) is 21.5. The van der Waals surface area contributed by atoms with Crippen LogP contribution in [-0.2, 0) is 9.84 Å². The number of rotatable bonds is 5. The SMILES string of the molecule is Cc1csc(-n2nc(C(F)F)c(-c3ccccc3)c2-c2ccc(S(C)(=O)=O)cc2)c1. The second-order valence-electron chi connectivity index (χ2n) is 6.95. The number of aryl methyl sites for hydroxylation is 1. The highest BCUT2D eigenvalue weighted by Crippen LogP contribution is 2.41. The summed E-state index contributed by atoms with van der Waals surface area (Å²) in [6, 6.07) is 17.0. The molecule has 2 aromatic carbocycles. The fraction of sp³-hybridized carbons (Fsp3) is 0.136. The second-order valence-corrected chi connectivity index (χ2v) is 9.85. The van der Waals surface area contributed by atoms with Gasteiger partial charge in [-0.15, -0.1) is 11.3 Å². The van der Waals surface area contributed by atoms with Crippen LogP contribution in [0.1, 0.15) is 17.7 Å². The Morgan fingerprint density at radius 3 is 2.20 bits per heavy atom. The van der Waals surface area contributed by atoms with Crippen molar-refractivity contribution in [1.29, 1.82) is 0 Å². The molecule has 2 heterocycles. The number of hydrogen-bond donors (Lipinski definition) is 0. The van der Waals surface area contributed by atoms with Gasteiger partial charge in [-0.3, -0.25) is 0 Å². The van der Waals surface area contributed by atoms with Crippen molar-refractivity contribution in [3.63, 3.8) is 0 Å². The maximum absolute atomic E-state index is 14.0. The van der Waals surface area contributed by atoms with Gasteiger partial charge in [0.25, 0.3) is 6.43 Å². The van der Waals surface area contributed by atoms with E-state index in [9.17, 15) is 17.2 Å². The molecule has 154 valence electrons. The molecular formula is C22H18F2N2O2S2. The quantitative estimate of drug-likeness (QED) is 0.384. The van der Waals surface area contributed by atoms with E-state index in [0.29, 0.717) is 27.4 Å². The first-order valence-electron chi connectivity index (χ1n) is 9.08. The molecule has 0 N–H and O–H groups in total. The van der Waals surface area contributed by atoms with Crippen LogP contribution in [0.2, 0.25) is 0 Å². The summed E-state index contributed by atoms with van der Waals surface area (Å²) >= 11 is 1.41. The maximum Gasteiger partial charge on any atom is 0.282 e. The lowest BCUT2D eigenvalue weighted by Crippen LogP contribution is -1.99. The lowest BCUT2D eigenvalue weighted by molar-refractivity contribution is 0.146. The molecule has 0 fully saturated rings. The summed E-state index contributed by atoms with van der Waals surface area (Å²) in [6.07, 6.45) is -1.64. The molecule has 0 aliphatic heterocycles. The summed E-state index contributed by atoms with van der Waals surface area (Å²) in [7, 11) is -3.37.